The Balaban J connectivity index is 1.65. The van der Waals surface area contributed by atoms with Crippen LogP contribution in [0.3, 0.4) is 0 Å². The van der Waals surface area contributed by atoms with Gasteiger partial charge in [-0.25, -0.2) is 8.78 Å². The molecule has 5 heteroatoms. The van der Waals surface area contributed by atoms with E-state index in [1.807, 2.05) is 30.3 Å². The lowest BCUT2D eigenvalue weighted by Crippen LogP contribution is -2.30. The molecule has 1 amide bonds. The van der Waals surface area contributed by atoms with Crippen molar-refractivity contribution < 1.29 is 18.7 Å². The molecule has 3 atom stereocenters. The number of hydrogen-bond acceptors (Lipinski definition) is 2. The van der Waals surface area contributed by atoms with Crippen molar-refractivity contribution in [2.45, 2.75) is 24.8 Å². The molecule has 2 aromatic rings. The summed E-state index contributed by atoms with van der Waals surface area (Å²) < 4.78 is 26.3. The Kier molecular flexibility index (Phi) is 4.90. The number of rotatable bonds is 6. The molecular formula is C19H19F2NO2. The van der Waals surface area contributed by atoms with Crippen LogP contribution in [0.4, 0.5) is 8.78 Å². The molecule has 0 heterocycles. The van der Waals surface area contributed by atoms with E-state index < -0.39 is 11.6 Å². The standard InChI is InChI=1S/C19H19F2NO2/c20-16-7-6-13(10-17(16)21)14-11-15(14)19(24)22-18(8-9-23)12-4-2-1-3-5-12/h1-7,10,14-15,18,23H,8-9,11H2,(H,22,24). The molecule has 0 aliphatic heterocycles. The third-order valence-electron chi connectivity index (χ3n) is 4.44. The molecular weight excluding hydrogens is 312 g/mol. The van der Waals surface area contributed by atoms with Crippen LogP contribution in [0.2, 0.25) is 0 Å². The van der Waals surface area contributed by atoms with Crippen LogP contribution in [0.25, 0.3) is 0 Å². The Labute approximate surface area is 139 Å². The minimum Gasteiger partial charge on any atom is -0.396 e. The van der Waals surface area contributed by atoms with Crippen LogP contribution < -0.4 is 5.32 Å². The fourth-order valence-electron chi connectivity index (χ4n) is 3.01. The maximum atomic E-state index is 13.3. The van der Waals surface area contributed by atoms with Crippen molar-refractivity contribution in [2.75, 3.05) is 6.61 Å². The lowest BCUT2D eigenvalue weighted by molar-refractivity contribution is -0.123. The Morgan fingerprint density at radius 3 is 2.58 bits per heavy atom. The van der Waals surface area contributed by atoms with Crippen LogP contribution in [0.5, 0.6) is 0 Å². The first-order valence-electron chi connectivity index (χ1n) is 8.01. The molecule has 0 saturated heterocycles. The zero-order chi connectivity index (χ0) is 17.1. The van der Waals surface area contributed by atoms with Crippen LogP contribution in [-0.4, -0.2) is 17.6 Å². The number of amides is 1. The average molecular weight is 331 g/mol. The molecule has 2 N–H and O–H groups in total. The Bertz CT molecular complexity index is 721. The van der Waals surface area contributed by atoms with Gasteiger partial charge in [-0.3, -0.25) is 4.79 Å². The van der Waals surface area contributed by atoms with Crippen molar-refractivity contribution in [1.29, 1.82) is 0 Å². The maximum absolute atomic E-state index is 13.3. The first-order chi connectivity index (χ1) is 11.6. The third kappa shape index (κ3) is 3.62. The smallest absolute Gasteiger partial charge is 0.224 e. The van der Waals surface area contributed by atoms with Gasteiger partial charge in [-0.15, -0.1) is 0 Å². The van der Waals surface area contributed by atoms with Crippen LogP contribution in [0.15, 0.2) is 48.5 Å². The number of aliphatic hydroxyl groups excluding tert-OH is 1. The molecule has 3 unspecified atom stereocenters. The van der Waals surface area contributed by atoms with Crippen molar-refractivity contribution in [2.24, 2.45) is 5.92 Å². The molecule has 126 valence electrons. The largest absolute Gasteiger partial charge is 0.396 e. The molecule has 1 saturated carbocycles. The van der Waals surface area contributed by atoms with E-state index in [1.165, 1.54) is 6.07 Å². The SMILES string of the molecule is O=C(NC(CCO)c1ccccc1)C1CC1c1ccc(F)c(F)c1. The van der Waals surface area contributed by atoms with E-state index in [1.54, 1.807) is 0 Å². The fourth-order valence-corrected chi connectivity index (χ4v) is 3.01. The van der Waals surface area contributed by atoms with Crippen molar-refractivity contribution in [3.63, 3.8) is 0 Å². The summed E-state index contributed by atoms with van der Waals surface area (Å²) >= 11 is 0. The van der Waals surface area contributed by atoms with E-state index in [0.717, 1.165) is 17.7 Å². The highest BCUT2D eigenvalue weighted by molar-refractivity contribution is 5.83. The van der Waals surface area contributed by atoms with E-state index in [0.29, 0.717) is 18.4 Å². The molecule has 0 aromatic heterocycles. The third-order valence-corrected chi connectivity index (χ3v) is 4.44. The van der Waals surface area contributed by atoms with Gasteiger partial charge in [0.2, 0.25) is 5.91 Å². The van der Waals surface area contributed by atoms with E-state index in [9.17, 15) is 18.7 Å². The van der Waals surface area contributed by atoms with Crippen LogP contribution in [0.1, 0.15) is 35.9 Å². The normalized spacial score (nSPS) is 20.5. The second kappa shape index (κ2) is 7.09. The molecule has 0 bridgehead atoms. The number of benzene rings is 2. The second-order valence-corrected chi connectivity index (χ2v) is 6.11. The van der Waals surface area contributed by atoms with Crippen LogP contribution >= 0.6 is 0 Å². The lowest BCUT2D eigenvalue weighted by atomic mass is 10.0. The van der Waals surface area contributed by atoms with Gasteiger partial charge < -0.3 is 10.4 Å². The van der Waals surface area contributed by atoms with Crippen molar-refractivity contribution in [1.82, 2.24) is 5.32 Å². The minimum absolute atomic E-state index is 0.0306. The molecule has 3 rings (SSSR count). The van der Waals surface area contributed by atoms with Gasteiger partial charge >= 0.3 is 0 Å². The highest BCUT2D eigenvalue weighted by atomic mass is 19.2. The van der Waals surface area contributed by atoms with Crippen molar-refractivity contribution >= 4 is 5.91 Å². The van der Waals surface area contributed by atoms with Gasteiger partial charge in [-0.05, 0) is 42.0 Å². The lowest BCUT2D eigenvalue weighted by Gasteiger charge is -2.18. The number of halogens is 2. The summed E-state index contributed by atoms with van der Waals surface area (Å²) in [7, 11) is 0. The quantitative estimate of drug-likeness (QED) is 0.853. The molecule has 1 aliphatic rings. The Morgan fingerprint density at radius 1 is 1.17 bits per heavy atom. The van der Waals surface area contributed by atoms with Gasteiger partial charge in [-0.1, -0.05) is 36.4 Å². The summed E-state index contributed by atoms with van der Waals surface area (Å²) in [6.45, 7) is -0.0306. The first-order valence-corrected chi connectivity index (χ1v) is 8.01. The molecule has 1 fully saturated rings. The Hall–Kier alpha value is -2.27. The molecule has 2 aromatic carbocycles. The summed E-state index contributed by atoms with van der Waals surface area (Å²) in [6, 6.07) is 13.0. The fraction of sp³-hybridized carbons (Fsp3) is 0.316. The number of carbonyl (C=O) groups is 1. The Morgan fingerprint density at radius 2 is 1.92 bits per heavy atom. The summed E-state index contributed by atoms with van der Waals surface area (Å²) in [4.78, 5) is 12.4. The zero-order valence-corrected chi connectivity index (χ0v) is 13.1. The van der Waals surface area contributed by atoms with E-state index in [4.69, 9.17) is 0 Å². The molecule has 1 aliphatic carbocycles. The number of carbonyl (C=O) groups excluding carboxylic acids is 1. The molecule has 0 spiro atoms. The highest BCUT2D eigenvalue weighted by Gasteiger charge is 2.44. The number of nitrogens with one attached hydrogen (secondary N) is 1. The van der Waals surface area contributed by atoms with Crippen molar-refractivity contribution in [3.05, 3.63) is 71.3 Å². The predicted molar refractivity (Wildman–Crippen MR) is 86.2 cm³/mol. The predicted octanol–water partition coefficient (Wildman–Crippen LogP) is 3.31. The van der Waals surface area contributed by atoms with E-state index >= 15 is 0 Å². The number of aliphatic hydroxyl groups is 1. The molecule has 24 heavy (non-hydrogen) atoms. The van der Waals surface area contributed by atoms with Gasteiger partial charge in [-0.2, -0.15) is 0 Å². The van der Waals surface area contributed by atoms with Crippen LogP contribution in [-0.2, 0) is 4.79 Å². The van der Waals surface area contributed by atoms with Gasteiger partial charge in [0.15, 0.2) is 11.6 Å². The maximum Gasteiger partial charge on any atom is 0.224 e. The van der Waals surface area contributed by atoms with E-state index in [2.05, 4.69) is 5.32 Å². The first kappa shape index (κ1) is 16.6. The average Bonchev–Trinajstić information content (AvgIpc) is 3.38. The van der Waals surface area contributed by atoms with E-state index in [-0.39, 0.29) is 30.4 Å². The zero-order valence-electron chi connectivity index (χ0n) is 13.1. The van der Waals surface area contributed by atoms with Gasteiger partial charge in [0.05, 0.1) is 6.04 Å². The van der Waals surface area contributed by atoms with Crippen molar-refractivity contribution in [3.8, 4) is 0 Å². The molecule has 3 nitrogen and oxygen atoms in total. The minimum atomic E-state index is -0.888. The van der Waals surface area contributed by atoms with Gasteiger partial charge in [0, 0.05) is 12.5 Å². The van der Waals surface area contributed by atoms with Gasteiger partial charge in [0.1, 0.15) is 0 Å². The summed E-state index contributed by atoms with van der Waals surface area (Å²) in [5.74, 6) is -2.20. The van der Waals surface area contributed by atoms with Crippen LogP contribution in [0, 0.1) is 17.6 Å². The second-order valence-electron chi connectivity index (χ2n) is 6.11. The summed E-state index contributed by atoms with van der Waals surface area (Å²) in [5, 5.41) is 12.2. The topological polar surface area (TPSA) is 49.3 Å². The summed E-state index contributed by atoms with van der Waals surface area (Å²) in [6.07, 6.45) is 1.05. The molecule has 0 radical (unpaired) electrons. The highest BCUT2D eigenvalue weighted by Crippen LogP contribution is 2.48. The van der Waals surface area contributed by atoms with Gasteiger partial charge in [0.25, 0.3) is 0 Å². The monoisotopic (exact) mass is 331 g/mol. The number of hydrogen-bond donors (Lipinski definition) is 2. The summed E-state index contributed by atoms with van der Waals surface area (Å²) in [5.41, 5.74) is 1.58.